The molecule has 0 aromatic rings. The van der Waals surface area contributed by atoms with E-state index in [0.29, 0.717) is 11.8 Å². The lowest BCUT2D eigenvalue weighted by atomic mass is 9.84. The van der Waals surface area contributed by atoms with Crippen molar-refractivity contribution in [3.63, 3.8) is 0 Å². The van der Waals surface area contributed by atoms with Crippen LogP contribution in [0.15, 0.2) is 0 Å². The van der Waals surface area contributed by atoms with Crippen LogP contribution in [0.1, 0.15) is 20.8 Å². The average molecular weight is 212 g/mol. The van der Waals surface area contributed by atoms with E-state index in [2.05, 4.69) is 24.1 Å². The molecule has 0 amide bonds. The minimum Gasteiger partial charge on any atom is -0.480 e. The molecule has 2 N–H and O–H groups in total. The number of fused-ring (bicyclic) bond motifs is 1. The first-order valence-corrected chi connectivity index (χ1v) is 5.65. The Labute approximate surface area is 90.6 Å². The molecule has 4 heteroatoms. The summed E-state index contributed by atoms with van der Waals surface area (Å²) in [4.78, 5) is 13.2. The third kappa shape index (κ3) is 1.56. The second-order valence-corrected chi connectivity index (χ2v) is 5.35. The Kier molecular flexibility index (Phi) is 2.51. The molecule has 2 rings (SSSR count). The van der Waals surface area contributed by atoms with Gasteiger partial charge in [0.1, 0.15) is 6.04 Å². The smallest absolute Gasteiger partial charge is 0.320 e. The fourth-order valence-electron chi connectivity index (χ4n) is 3.24. The molecular weight excluding hydrogens is 192 g/mol. The molecule has 2 heterocycles. The normalized spacial score (nSPS) is 36.5. The monoisotopic (exact) mass is 212 g/mol. The first kappa shape index (κ1) is 10.9. The molecule has 0 spiro atoms. The van der Waals surface area contributed by atoms with E-state index in [1.807, 2.05) is 0 Å². The van der Waals surface area contributed by atoms with Gasteiger partial charge >= 0.3 is 5.97 Å². The molecule has 3 unspecified atom stereocenters. The minimum absolute atomic E-state index is 0.00593. The molecule has 0 aromatic heterocycles. The zero-order chi connectivity index (χ0) is 11.2. The number of rotatable bonds is 2. The van der Waals surface area contributed by atoms with Gasteiger partial charge in [0, 0.05) is 18.6 Å². The number of hydrogen-bond acceptors (Lipinski definition) is 3. The summed E-state index contributed by atoms with van der Waals surface area (Å²) in [6.07, 6.45) is 0. The summed E-state index contributed by atoms with van der Waals surface area (Å²) in [5, 5.41) is 12.5. The van der Waals surface area contributed by atoms with Gasteiger partial charge in [-0.05, 0) is 39.2 Å². The van der Waals surface area contributed by atoms with Gasteiger partial charge in [0.05, 0.1) is 0 Å². The van der Waals surface area contributed by atoms with Gasteiger partial charge in [-0.3, -0.25) is 9.69 Å². The third-order valence-corrected chi connectivity index (χ3v) is 4.24. The molecule has 86 valence electrons. The van der Waals surface area contributed by atoms with Crippen molar-refractivity contribution in [2.45, 2.75) is 32.4 Å². The Balaban J connectivity index is 2.18. The minimum atomic E-state index is -0.712. The molecule has 15 heavy (non-hydrogen) atoms. The molecule has 0 radical (unpaired) electrons. The Morgan fingerprint density at radius 3 is 2.73 bits per heavy atom. The Bertz CT molecular complexity index is 278. The number of carboxylic acid groups (broad SMARTS) is 1. The van der Waals surface area contributed by atoms with Gasteiger partial charge in [-0.1, -0.05) is 0 Å². The van der Waals surface area contributed by atoms with Gasteiger partial charge in [0.15, 0.2) is 0 Å². The van der Waals surface area contributed by atoms with Gasteiger partial charge in [0.25, 0.3) is 0 Å². The largest absolute Gasteiger partial charge is 0.480 e. The maximum atomic E-state index is 11.0. The number of aliphatic carboxylic acids is 1. The maximum absolute atomic E-state index is 11.0. The predicted octanol–water partition coefficient (Wildman–Crippen LogP) is 0.389. The van der Waals surface area contributed by atoms with E-state index in [-0.39, 0.29) is 11.6 Å². The predicted molar refractivity (Wildman–Crippen MR) is 57.7 cm³/mol. The summed E-state index contributed by atoms with van der Waals surface area (Å²) in [6, 6.07) is -0.370. The summed E-state index contributed by atoms with van der Waals surface area (Å²) in [6.45, 7) is 9.11. The van der Waals surface area contributed by atoms with E-state index < -0.39 is 5.97 Å². The van der Waals surface area contributed by atoms with Crippen molar-refractivity contribution in [3.8, 4) is 0 Å². The highest BCUT2D eigenvalue weighted by atomic mass is 16.4. The van der Waals surface area contributed by atoms with Crippen LogP contribution >= 0.6 is 0 Å². The van der Waals surface area contributed by atoms with Gasteiger partial charge in [-0.2, -0.15) is 0 Å². The number of likely N-dealkylation sites (tertiary alicyclic amines) is 1. The molecule has 0 saturated carbocycles. The van der Waals surface area contributed by atoms with Crippen molar-refractivity contribution in [3.05, 3.63) is 0 Å². The van der Waals surface area contributed by atoms with Gasteiger partial charge in [-0.15, -0.1) is 0 Å². The lowest BCUT2D eigenvalue weighted by Crippen LogP contribution is -2.51. The topological polar surface area (TPSA) is 52.6 Å². The van der Waals surface area contributed by atoms with Crippen LogP contribution in [-0.2, 0) is 4.79 Å². The highest BCUT2D eigenvalue weighted by molar-refractivity contribution is 5.73. The zero-order valence-electron chi connectivity index (χ0n) is 9.66. The molecule has 3 atom stereocenters. The molecule has 0 aromatic carbocycles. The van der Waals surface area contributed by atoms with Crippen molar-refractivity contribution in [1.29, 1.82) is 0 Å². The molecule has 0 aliphatic carbocycles. The Morgan fingerprint density at radius 1 is 1.53 bits per heavy atom. The average Bonchev–Trinajstić information content (AvgIpc) is 2.67. The van der Waals surface area contributed by atoms with Crippen LogP contribution < -0.4 is 5.32 Å². The summed E-state index contributed by atoms with van der Waals surface area (Å²) in [5.74, 6) is 0.511. The highest BCUT2D eigenvalue weighted by Gasteiger charge is 2.51. The molecular formula is C11H20N2O2. The van der Waals surface area contributed by atoms with Crippen LogP contribution in [0.2, 0.25) is 0 Å². The van der Waals surface area contributed by atoms with Crippen LogP contribution in [0.5, 0.6) is 0 Å². The van der Waals surface area contributed by atoms with Crippen molar-refractivity contribution in [1.82, 2.24) is 10.2 Å². The fraction of sp³-hybridized carbons (Fsp3) is 0.909. The van der Waals surface area contributed by atoms with Crippen molar-refractivity contribution >= 4 is 5.97 Å². The maximum Gasteiger partial charge on any atom is 0.320 e. The summed E-state index contributed by atoms with van der Waals surface area (Å²) in [5.41, 5.74) is 0.00593. The number of carbonyl (C=O) groups is 1. The fourth-order valence-corrected chi connectivity index (χ4v) is 3.24. The lowest BCUT2D eigenvalue weighted by molar-refractivity contribution is -0.144. The Morgan fingerprint density at radius 2 is 2.20 bits per heavy atom. The van der Waals surface area contributed by atoms with E-state index in [4.69, 9.17) is 5.11 Å². The third-order valence-electron chi connectivity index (χ3n) is 4.24. The molecule has 2 aliphatic heterocycles. The van der Waals surface area contributed by atoms with Crippen LogP contribution in [0.3, 0.4) is 0 Å². The number of nitrogens with one attached hydrogen (secondary N) is 1. The second kappa shape index (κ2) is 3.46. The molecule has 2 aliphatic rings. The number of nitrogens with zero attached hydrogens (tertiary/aromatic N) is 1. The van der Waals surface area contributed by atoms with Crippen LogP contribution in [0.25, 0.3) is 0 Å². The summed E-state index contributed by atoms with van der Waals surface area (Å²) in [7, 11) is 0. The quantitative estimate of drug-likeness (QED) is 0.695. The van der Waals surface area contributed by atoms with Crippen LogP contribution in [-0.4, -0.2) is 47.2 Å². The standard InChI is InChI=1S/C11H20N2O2/c1-7(10(14)15)13-6-8-4-12-5-9(8)11(13,2)3/h7-9,12H,4-6H2,1-3H3,(H,14,15). The molecule has 0 bridgehead atoms. The van der Waals surface area contributed by atoms with E-state index >= 15 is 0 Å². The van der Waals surface area contributed by atoms with Gasteiger partial charge in [0.2, 0.25) is 0 Å². The Hall–Kier alpha value is -0.610. The van der Waals surface area contributed by atoms with E-state index in [1.54, 1.807) is 6.92 Å². The second-order valence-electron chi connectivity index (χ2n) is 5.35. The van der Waals surface area contributed by atoms with E-state index in [9.17, 15) is 4.79 Å². The molecule has 2 fully saturated rings. The first-order valence-electron chi connectivity index (χ1n) is 5.65. The van der Waals surface area contributed by atoms with Gasteiger partial charge in [-0.25, -0.2) is 0 Å². The SMILES string of the molecule is CC(C(=O)O)N1CC2CNCC2C1(C)C. The first-order chi connectivity index (χ1) is 6.94. The number of hydrogen-bond donors (Lipinski definition) is 2. The van der Waals surface area contributed by atoms with Crippen molar-refractivity contribution < 1.29 is 9.90 Å². The van der Waals surface area contributed by atoms with E-state index in [1.165, 1.54) is 0 Å². The van der Waals surface area contributed by atoms with E-state index in [0.717, 1.165) is 19.6 Å². The van der Waals surface area contributed by atoms with Gasteiger partial charge < -0.3 is 10.4 Å². The summed E-state index contributed by atoms with van der Waals surface area (Å²) >= 11 is 0. The molecule has 2 saturated heterocycles. The summed E-state index contributed by atoms with van der Waals surface area (Å²) < 4.78 is 0. The molecule has 4 nitrogen and oxygen atoms in total. The zero-order valence-corrected chi connectivity index (χ0v) is 9.66. The van der Waals surface area contributed by atoms with Crippen LogP contribution in [0, 0.1) is 11.8 Å². The highest BCUT2D eigenvalue weighted by Crippen LogP contribution is 2.41. The van der Waals surface area contributed by atoms with Crippen molar-refractivity contribution in [2.24, 2.45) is 11.8 Å². The number of carboxylic acids is 1. The van der Waals surface area contributed by atoms with Crippen LogP contribution in [0.4, 0.5) is 0 Å². The lowest BCUT2D eigenvalue weighted by Gasteiger charge is -2.37. The van der Waals surface area contributed by atoms with Crippen molar-refractivity contribution in [2.75, 3.05) is 19.6 Å².